The highest BCUT2D eigenvalue weighted by molar-refractivity contribution is 5.90. The van der Waals surface area contributed by atoms with Gasteiger partial charge in [0.05, 0.1) is 11.8 Å². The van der Waals surface area contributed by atoms with E-state index in [2.05, 4.69) is 11.7 Å². The van der Waals surface area contributed by atoms with E-state index in [0.29, 0.717) is 18.7 Å². The van der Waals surface area contributed by atoms with Crippen LogP contribution in [0.2, 0.25) is 0 Å². The standard InChI is InChI=1S/C13H19N3O3/c1-5-16(7-10(2)3)12(17)9-19-13(18)11-6-14-15(4)8-11/h6,8H,2,5,7,9H2,1,3-4H3. The number of hydrogen-bond acceptors (Lipinski definition) is 4. The number of ether oxygens (including phenoxy) is 1. The molecule has 0 saturated carbocycles. The largest absolute Gasteiger partial charge is 0.452 e. The Kier molecular flexibility index (Phi) is 5.29. The summed E-state index contributed by atoms with van der Waals surface area (Å²) in [6.07, 6.45) is 2.94. The highest BCUT2D eigenvalue weighted by Crippen LogP contribution is 2.01. The first kappa shape index (κ1) is 14.9. The summed E-state index contributed by atoms with van der Waals surface area (Å²) in [4.78, 5) is 25.1. The zero-order valence-electron chi connectivity index (χ0n) is 11.5. The van der Waals surface area contributed by atoms with E-state index in [1.807, 2.05) is 13.8 Å². The number of hydrogen-bond donors (Lipinski definition) is 0. The van der Waals surface area contributed by atoms with Crippen molar-refractivity contribution < 1.29 is 14.3 Å². The summed E-state index contributed by atoms with van der Waals surface area (Å²) < 4.78 is 6.45. The third-order valence-corrected chi connectivity index (χ3v) is 2.46. The van der Waals surface area contributed by atoms with E-state index in [1.165, 1.54) is 17.1 Å². The zero-order chi connectivity index (χ0) is 14.4. The smallest absolute Gasteiger partial charge is 0.341 e. The molecule has 0 bridgehead atoms. The molecule has 1 amide bonds. The molecule has 0 N–H and O–H groups in total. The van der Waals surface area contributed by atoms with Gasteiger partial charge in [-0.2, -0.15) is 5.10 Å². The number of carbonyl (C=O) groups is 2. The SMILES string of the molecule is C=C(C)CN(CC)C(=O)COC(=O)c1cnn(C)c1. The Bertz CT molecular complexity index is 479. The van der Waals surface area contributed by atoms with Crippen molar-refractivity contribution >= 4 is 11.9 Å². The molecule has 1 rings (SSSR count). The van der Waals surface area contributed by atoms with Gasteiger partial charge in [-0.15, -0.1) is 0 Å². The number of carbonyl (C=O) groups excluding carboxylic acids is 2. The summed E-state index contributed by atoms with van der Waals surface area (Å²) in [7, 11) is 1.70. The van der Waals surface area contributed by atoms with E-state index in [0.717, 1.165) is 5.57 Å². The van der Waals surface area contributed by atoms with Gasteiger partial charge in [-0.25, -0.2) is 4.79 Å². The average molecular weight is 265 g/mol. The van der Waals surface area contributed by atoms with E-state index < -0.39 is 5.97 Å². The summed E-state index contributed by atoms with van der Waals surface area (Å²) in [5, 5.41) is 3.86. The van der Waals surface area contributed by atoms with Crippen LogP contribution in [-0.2, 0) is 16.6 Å². The van der Waals surface area contributed by atoms with Crippen molar-refractivity contribution in [3.05, 3.63) is 30.1 Å². The monoisotopic (exact) mass is 265 g/mol. The number of amides is 1. The molecule has 0 spiro atoms. The van der Waals surface area contributed by atoms with Crippen LogP contribution in [0.25, 0.3) is 0 Å². The van der Waals surface area contributed by atoms with Crippen LogP contribution in [0.1, 0.15) is 24.2 Å². The van der Waals surface area contributed by atoms with Crippen molar-refractivity contribution in [3.8, 4) is 0 Å². The minimum atomic E-state index is -0.548. The second kappa shape index (κ2) is 6.72. The fraction of sp³-hybridized carbons (Fsp3) is 0.462. The predicted octanol–water partition coefficient (Wildman–Crippen LogP) is 1.00. The number of rotatable bonds is 6. The third-order valence-electron chi connectivity index (χ3n) is 2.46. The fourth-order valence-electron chi connectivity index (χ4n) is 1.53. The molecule has 0 fully saturated rings. The van der Waals surface area contributed by atoms with Gasteiger partial charge in [0.1, 0.15) is 0 Å². The van der Waals surface area contributed by atoms with Crippen LogP contribution < -0.4 is 0 Å². The first-order valence-corrected chi connectivity index (χ1v) is 6.02. The van der Waals surface area contributed by atoms with E-state index in [4.69, 9.17) is 4.74 Å². The summed E-state index contributed by atoms with van der Waals surface area (Å²) >= 11 is 0. The van der Waals surface area contributed by atoms with Gasteiger partial charge in [0.2, 0.25) is 0 Å². The van der Waals surface area contributed by atoms with Gasteiger partial charge in [0.25, 0.3) is 5.91 Å². The number of aromatic nitrogens is 2. The quantitative estimate of drug-likeness (QED) is 0.568. The number of esters is 1. The van der Waals surface area contributed by atoms with Gasteiger partial charge in [-0.3, -0.25) is 9.48 Å². The van der Waals surface area contributed by atoms with Gasteiger partial charge < -0.3 is 9.64 Å². The molecule has 0 unspecified atom stereocenters. The van der Waals surface area contributed by atoms with Crippen LogP contribution in [0.5, 0.6) is 0 Å². The lowest BCUT2D eigenvalue weighted by molar-refractivity contribution is -0.133. The second-order valence-corrected chi connectivity index (χ2v) is 4.34. The predicted molar refractivity (Wildman–Crippen MR) is 70.6 cm³/mol. The van der Waals surface area contributed by atoms with Crippen molar-refractivity contribution in [3.63, 3.8) is 0 Å². The average Bonchev–Trinajstić information content (AvgIpc) is 2.79. The number of likely N-dealkylation sites (N-methyl/N-ethyl adjacent to an activating group) is 1. The van der Waals surface area contributed by atoms with Crippen molar-refractivity contribution in [1.82, 2.24) is 14.7 Å². The Balaban J connectivity index is 2.49. The lowest BCUT2D eigenvalue weighted by atomic mass is 10.3. The molecular formula is C13H19N3O3. The molecule has 0 atom stereocenters. The van der Waals surface area contributed by atoms with Gasteiger partial charge in [-0.1, -0.05) is 12.2 Å². The second-order valence-electron chi connectivity index (χ2n) is 4.34. The minimum Gasteiger partial charge on any atom is -0.452 e. The van der Waals surface area contributed by atoms with Gasteiger partial charge >= 0.3 is 5.97 Å². The molecule has 0 aliphatic rings. The molecule has 1 aromatic heterocycles. The van der Waals surface area contributed by atoms with Crippen molar-refractivity contribution in [1.29, 1.82) is 0 Å². The summed E-state index contributed by atoms with van der Waals surface area (Å²) in [5.74, 6) is -0.782. The molecule has 1 heterocycles. The van der Waals surface area contributed by atoms with Crippen LogP contribution in [0.3, 0.4) is 0 Å². The Morgan fingerprint density at radius 1 is 1.53 bits per heavy atom. The Morgan fingerprint density at radius 2 is 2.21 bits per heavy atom. The highest BCUT2D eigenvalue weighted by atomic mass is 16.5. The topological polar surface area (TPSA) is 64.4 Å². The molecule has 6 heteroatoms. The van der Waals surface area contributed by atoms with Crippen LogP contribution in [-0.4, -0.2) is 46.3 Å². The summed E-state index contributed by atoms with van der Waals surface area (Å²) in [6.45, 7) is 8.22. The Hall–Kier alpha value is -2.11. The first-order chi connectivity index (χ1) is 8.93. The first-order valence-electron chi connectivity index (χ1n) is 6.02. The molecule has 0 radical (unpaired) electrons. The van der Waals surface area contributed by atoms with Crippen LogP contribution in [0.15, 0.2) is 24.5 Å². The minimum absolute atomic E-state index is 0.234. The van der Waals surface area contributed by atoms with Crippen LogP contribution in [0, 0.1) is 0 Å². The van der Waals surface area contributed by atoms with Gasteiger partial charge in [0.15, 0.2) is 6.61 Å². The fourth-order valence-corrected chi connectivity index (χ4v) is 1.53. The van der Waals surface area contributed by atoms with E-state index >= 15 is 0 Å². The van der Waals surface area contributed by atoms with E-state index in [9.17, 15) is 9.59 Å². The lowest BCUT2D eigenvalue weighted by Crippen LogP contribution is -2.35. The molecular weight excluding hydrogens is 246 g/mol. The Labute approximate surface area is 112 Å². The van der Waals surface area contributed by atoms with Gasteiger partial charge in [0, 0.05) is 26.3 Å². The van der Waals surface area contributed by atoms with Crippen LogP contribution in [0.4, 0.5) is 0 Å². The van der Waals surface area contributed by atoms with E-state index in [1.54, 1.807) is 11.9 Å². The normalized spacial score (nSPS) is 10.1. The molecule has 0 aliphatic carbocycles. The number of aryl methyl sites for hydroxylation is 1. The molecule has 6 nitrogen and oxygen atoms in total. The van der Waals surface area contributed by atoms with E-state index in [-0.39, 0.29) is 12.5 Å². The summed E-state index contributed by atoms with van der Waals surface area (Å²) in [5.41, 5.74) is 1.21. The maximum absolute atomic E-state index is 11.8. The Morgan fingerprint density at radius 3 is 2.68 bits per heavy atom. The molecule has 0 aromatic carbocycles. The lowest BCUT2D eigenvalue weighted by Gasteiger charge is -2.20. The maximum atomic E-state index is 11.8. The molecule has 0 aliphatic heterocycles. The zero-order valence-corrected chi connectivity index (χ0v) is 11.5. The van der Waals surface area contributed by atoms with Gasteiger partial charge in [-0.05, 0) is 13.8 Å². The van der Waals surface area contributed by atoms with Crippen LogP contribution >= 0.6 is 0 Å². The number of nitrogens with zero attached hydrogens (tertiary/aromatic N) is 3. The third kappa shape index (κ3) is 4.57. The molecule has 0 saturated heterocycles. The highest BCUT2D eigenvalue weighted by Gasteiger charge is 2.15. The van der Waals surface area contributed by atoms with Crippen molar-refractivity contribution in [2.24, 2.45) is 7.05 Å². The molecule has 104 valence electrons. The molecule has 19 heavy (non-hydrogen) atoms. The summed E-state index contributed by atoms with van der Waals surface area (Å²) in [6, 6.07) is 0. The maximum Gasteiger partial charge on any atom is 0.341 e. The molecule has 1 aromatic rings. The van der Waals surface area contributed by atoms with Crippen molar-refractivity contribution in [2.75, 3.05) is 19.7 Å². The van der Waals surface area contributed by atoms with Crippen molar-refractivity contribution in [2.45, 2.75) is 13.8 Å².